The van der Waals surface area contributed by atoms with Gasteiger partial charge in [-0.2, -0.15) is 0 Å². The molecule has 1 aliphatic heterocycles. The topological polar surface area (TPSA) is 84.7 Å². The van der Waals surface area contributed by atoms with E-state index in [4.69, 9.17) is 32.4 Å². The SMILES string of the molecule is O=C(Nc1nc2c(s1)CN(C(=O)COc1ccc(Cl)cc1Cl)CC2)c1ccco1. The molecule has 0 saturated heterocycles. The summed E-state index contributed by atoms with van der Waals surface area (Å²) in [5.74, 6) is 0.106. The lowest BCUT2D eigenvalue weighted by molar-refractivity contribution is -0.134. The molecule has 1 aliphatic rings. The van der Waals surface area contributed by atoms with Gasteiger partial charge in [-0.15, -0.1) is 0 Å². The zero-order valence-corrected chi connectivity index (χ0v) is 17.3. The Hall–Kier alpha value is -2.55. The zero-order valence-electron chi connectivity index (χ0n) is 15.0. The number of anilines is 1. The van der Waals surface area contributed by atoms with Crippen molar-refractivity contribution in [3.63, 3.8) is 0 Å². The van der Waals surface area contributed by atoms with E-state index in [1.54, 1.807) is 35.2 Å². The number of rotatable bonds is 5. The number of hydrogen-bond donors (Lipinski definition) is 1. The lowest BCUT2D eigenvalue weighted by Crippen LogP contribution is -2.38. The predicted molar refractivity (Wildman–Crippen MR) is 110 cm³/mol. The van der Waals surface area contributed by atoms with Gasteiger partial charge in [0.15, 0.2) is 17.5 Å². The summed E-state index contributed by atoms with van der Waals surface area (Å²) in [4.78, 5) is 31.7. The van der Waals surface area contributed by atoms with E-state index in [-0.39, 0.29) is 24.2 Å². The third-order valence-electron chi connectivity index (χ3n) is 4.29. The quantitative estimate of drug-likeness (QED) is 0.626. The Morgan fingerprint density at radius 2 is 2.17 bits per heavy atom. The molecule has 0 aliphatic carbocycles. The lowest BCUT2D eigenvalue weighted by atomic mass is 10.2. The summed E-state index contributed by atoms with van der Waals surface area (Å²) >= 11 is 13.3. The number of aromatic nitrogens is 1. The van der Waals surface area contributed by atoms with E-state index >= 15 is 0 Å². The summed E-state index contributed by atoms with van der Waals surface area (Å²) in [6.07, 6.45) is 2.04. The van der Waals surface area contributed by atoms with Crippen molar-refractivity contribution in [2.75, 3.05) is 18.5 Å². The third-order valence-corrected chi connectivity index (χ3v) is 5.82. The molecule has 29 heavy (non-hydrogen) atoms. The molecule has 150 valence electrons. The third kappa shape index (κ3) is 4.55. The first-order valence-electron chi connectivity index (χ1n) is 8.68. The van der Waals surface area contributed by atoms with Crippen LogP contribution in [0.4, 0.5) is 5.13 Å². The number of halogens is 2. The molecule has 3 heterocycles. The van der Waals surface area contributed by atoms with Crippen molar-refractivity contribution in [1.82, 2.24) is 9.88 Å². The maximum atomic E-state index is 12.5. The number of amides is 2. The fourth-order valence-corrected chi connectivity index (χ4v) is 4.33. The van der Waals surface area contributed by atoms with E-state index in [1.165, 1.54) is 17.6 Å². The van der Waals surface area contributed by atoms with Crippen LogP contribution in [0.15, 0.2) is 41.0 Å². The number of hydrogen-bond acceptors (Lipinski definition) is 6. The van der Waals surface area contributed by atoms with Crippen LogP contribution in [-0.2, 0) is 17.8 Å². The van der Waals surface area contributed by atoms with Gasteiger partial charge in [-0.05, 0) is 30.3 Å². The smallest absolute Gasteiger partial charge is 0.293 e. The van der Waals surface area contributed by atoms with E-state index in [0.717, 1.165) is 10.6 Å². The van der Waals surface area contributed by atoms with Gasteiger partial charge in [0.1, 0.15) is 5.75 Å². The molecule has 10 heteroatoms. The highest BCUT2D eigenvalue weighted by Crippen LogP contribution is 2.30. The Kier molecular flexibility index (Phi) is 5.75. The summed E-state index contributed by atoms with van der Waals surface area (Å²) in [6, 6.07) is 8.06. The van der Waals surface area contributed by atoms with Crippen LogP contribution in [0.2, 0.25) is 10.0 Å². The highest BCUT2D eigenvalue weighted by Gasteiger charge is 2.25. The van der Waals surface area contributed by atoms with Gasteiger partial charge in [-0.3, -0.25) is 14.9 Å². The van der Waals surface area contributed by atoms with Crippen LogP contribution >= 0.6 is 34.5 Å². The fourth-order valence-electron chi connectivity index (χ4n) is 2.85. The molecule has 0 fully saturated rings. The number of fused-ring (bicyclic) bond motifs is 1. The number of ether oxygens (including phenoxy) is 1. The van der Waals surface area contributed by atoms with E-state index < -0.39 is 0 Å². The molecule has 1 aromatic carbocycles. The van der Waals surface area contributed by atoms with Crippen molar-refractivity contribution in [3.05, 3.63) is 63.0 Å². The maximum Gasteiger partial charge on any atom is 0.293 e. The summed E-state index contributed by atoms with van der Waals surface area (Å²) in [5, 5.41) is 4.06. The highest BCUT2D eigenvalue weighted by atomic mass is 35.5. The second-order valence-electron chi connectivity index (χ2n) is 6.25. The van der Waals surface area contributed by atoms with Crippen LogP contribution in [0.5, 0.6) is 5.75 Å². The van der Waals surface area contributed by atoms with Crippen molar-refractivity contribution in [3.8, 4) is 5.75 Å². The van der Waals surface area contributed by atoms with Gasteiger partial charge in [-0.25, -0.2) is 4.98 Å². The molecule has 7 nitrogen and oxygen atoms in total. The van der Waals surface area contributed by atoms with Gasteiger partial charge in [0.25, 0.3) is 11.8 Å². The van der Waals surface area contributed by atoms with Gasteiger partial charge in [-0.1, -0.05) is 34.5 Å². The molecule has 2 aromatic heterocycles. The Morgan fingerprint density at radius 3 is 2.93 bits per heavy atom. The van der Waals surface area contributed by atoms with E-state index in [1.807, 2.05) is 0 Å². The number of carbonyl (C=O) groups excluding carboxylic acids is 2. The Bertz CT molecular complexity index is 1050. The van der Waals surface area contributed by atoms with Crippen molar-refractivity contribution in [2.45, 2.75) is 13.0 Å². The number of thiazole rings is 1. The minimum atomic E-state index is -0.359. The van der Waals surface area contributed by atoms with Crippen LogP contribution in [0, 0.1) is 0 Å². The standard InChI is InChI=1S/C19H15Cl2N3O4S/c20-11-3-4-14(12(21)8-11)28-10-17(25)24-6-5-13-16(9-24)29-19(22-13)23-18(26)15-2-1-7-27-15/h1-4,7-8H,5-6,9-10H2,(H,22,23,26). The average Bonchev–Trinajstić information content (AvgIpc) is 3.36. The molecule has 3 aromatic rings. The van der Waals surface area contributed by atoms with Crippen molar-refractivity contribution in [2.24, 2.45) is 0 Å². The molecule has 0 saturated carbocycles. The maximum absolute atomic E-state index is 12.5. The number of benzene rings is 1. The lowest BCUT2D eigenvalue weighted by Gasteiger charge is -2.26. The summed E-state index contributed by atoms with van der Waals surface area (Å²) in [7, 11) is 0. The molecule has 4 rings (SSSR count). The van der Waals surface area contributed by atoms with Gasteiger partial charge in [0.05, 0.1) is 23.5 Å². The van der Waals surface area contributed by atoms with E-state index in [0.29, 0.717) is 40.4 Å². The van der Waals surface area contributed by atoms with Gasteiger partial charge in [0.2, 0.25) is 0 Å². The largest absolute Gasteiger partial charge is 0.482 e. The van der Waals surface area contributed by atoms with Crippen molar-refractivity contribution in [1.29, 1.82) is 0 Å². The van der Waals surface area contributed by atoms with E-state index in [9.17, 15) is 9.59 Å². The molecule has 0 spiro atoms. The predicted octanol–water partition coefficient (Wildman–Crippen LogP) is 4.26. The van der Waals surface area contributed by atoms with Crippen molar-refractivity contribution < 1.29 is 18.7 Å². The Labute approximate surface area is 180 Å². The van der Waals surface area contributed by atoms with Gasteiger partial charge >= 0.3 is 0 Å². The van der Waals surface area contributed by atoms with Crippen molar-refractivity contribution >= 4 is 51.5 Å². The Morgan fingerprint density at radius 1 is 1.31 bits per heavy atom. The molecule has 1 N–H and O–H groups in total. The van der Waals surface area contributed by atoms with E-state index in [2.05, 4.69) is 10.3 Å². The first-order valence-corrected chi connectivity index (χ1v) is 10.3. The molecule has 0 radical (unpaired) electrons. The second kappa shape index (κ2) is 8.44. The highest BCUT2D eigenvalue weighted by molar-refractivity contribution is 7.15. The van der Waals surface area contributed by atoms with Crippen LogP contribution in [-0.4, -0.2) is 34.8 Å². The van der Waals surface area contributed by atoms with Crippen LogP contribution in [0.25, 0.3) is 0 Å². The molecular formula is C19H15Cl2N3O4S. The van der Waals surface area contributed by atoms with Gasteiger partial charge in [0, 0.05) is 22.9 Å². The minimum absolute atomic E-state index is 0.127. The number of carbonyl (C=O) groups is 2. The monoisotopic (exact) mass is 451 g/mol. The average molecular weight is 452 g/mol. The first kappa shape index (κ1) is 19.8. The first-order chi connectivity index (χ1) is 14.0. The van der Waals surface area contributed by atoms with Crippen LogP contribution in [0.3, 0.4) is 0 Å². The summed E-state index contributed by atoms with van der Waals surface area (Å²) in [5.41, 5.74) is 0.885. The number of nitrogens with one attached hydrogen (secondary N) is 1. The number of furan rings is 1. The van der Waals surface area contributed by atoms with Gasteiger partial charge < -0.3 is 14.1 Å². The normalized spacial score (nSPS) is 13.1. The van der Waals surface area contributed by atoms with Crippen LogP contribution < -0.4 is 10.1 Å². The Balaban J connectivity index is 1.36. The van der Waals surface area contributed by atoms with Crippen LogP contribution in [0.1, 0.15) is 21.1 Å². The molecule has 2 amide bonds. The minimum Gasteiger partial charge on any atom is -0.482 e. The zero-order chi connectivity index (χ0) is 20.4. The fraction of sp³-hybridized carbons (Fsp3) is 0.211. The molecule has 0 atom stereocenters. The number of nitrogens with zero attached hydrogens (tertiary/aromatic N) is 2. The summed E-state index contributed by atoms with van der Waals surface area (Å²) in [6.45, 7) is 0.816. The molecular weight excluding hydrogens is 437 g/mol. The molecule has 0 bridgehead atoms. The molecule has 0 unspecified atom stereocenters. The second-order valence-corrected chi connectivity index (χ2v) is 8.18. The summed E-state index contributed by atoms with van der Waals surface area (Å²) < 4.78 is 10.6.